The predicted octanol–water partition coefficient (Wildman–Crippen LogP) is -0.533. The second-order valence-corrected chi connectivity index (χ2v) is 7.69. The van der Waals surface area contributed by atoms with Crippen molar-refractivity contribution in [2.45, 2.75) is 37.8 Å². The number of amides is 1. The molecule has 0 bridgehead atoms. The van der Waals surface area contributed by atoms with E-state index in [1.54, 1.807) is 11.6 Å². The van der Waals surface area contributed by atoms with Gasteiger partial charge in [0, 0.05) is 58.4 Å². The fourth-order valence-corrected chi connectivity index (χ4v) is 4.54. The minimum atomic E-state index is -0.119. The molecule has 3 aliphatic rings. The Bertz CT molecular complexity index is 718. The molecule has 2 saturated heterocycles. The van der Waals surface area contributed by atoms with Crippen molar-refractivity contribution in [2.75, 3.05) is 39.9 Å². The Hall–Kier alpha value is -1.67. The Labute approximate surface area is 147 Å². The second kappa shape index (κ2) is 6.25. The third-order valence-electron chi connectivity index (χ3n) is 6.29. The highest BCUT2D eigenvalue weighted by Gasteiger charge is 2.43. The number of rotatable bonds is 1. The van der Waals surface area contributed by atoms with Crippen LogP contribution in [0.2, 0.25) is 0 Å². The third kappa shape index (κ3) is 2.81. The van der Waals surface area contributed by atoms with Crippen LogP contribution in [0.1, 0.15) is 25.1 Å². The first kappa shape index (κ1) is 16.8. The minimum Gasteiger partial charge on any atom is -0.381 e. The van der Waals surface area contributed by atoms with Gasteiger partial charge in [-0.15, -0.1) is 0 Å². The van der Waals surface area contributed by atoms with Crippen LogP contribution in [-0.4, -0.2) is 75.5 Å². The Kier molecular flexibility index (Phi) is 4.19. The number of hydrogen-bond donors (Lipinski definition) is 0. The van der Waals surface area contributed by atoms with Crippen LogP contribution in [0.25, 0.3) is 0 Å². The molecule has 138 valence electrons. The summed E-state index contributed by atoms with van der Waals surface area (Å²) in [7, 11) is 3.83. The van der Waals surface area contributed by atoms with Gasteiger partial charge in [-0.05, 0) is 26.3 Å². The quantitative estimate of drug-likeness (QED) is 0.681. The molecule has 8 nitrogen and oxygen atoms in total. The summed E-state index contributed by atoms with van der Waals surface area (Å²) in [6, 6.07) is 0. The van der Waals surface area contributed by atoms with Crippen LogP contribution in [0.5, 0.6) is 0 Å². The standard InChI is InChI=1S/C17H27N5O3/c1-19-7-8-21(12-17(19)5-9-25-10-6-17)15(23)13-3-4-14-18-20(2)16(24)22(14)11-13/h13H,3-12H2,1-2H3. The molecule has 1 spiro atoms. The maximum atomic E-state index is 13.1. The fraction of sp³-hybridized carbons (Fsp3) is 0.824. The maximum Gasteiger partial charge on any atom is 0.345 e. The maximum absolute atomic E-state index is 13.1. The minimum absolute atomic E-state index is 0.0527. The van der Waals surface area contributed by atoms with Crippen LogP contribution in [0.15, 0.2) is 4.79 Å². The average Bonchev–Trinajstić information content (AvgIpc) is 2.91. The summed E-state index contributed by atoms with van der Waals surface area (Å²) in [5.41, 5.74) is -0.0660. The van der Waals surface area contributed by atoms with Gasteiger partial charge >= 0.3 is 5.69 Å². The van der Waals surface area contributed by atoms with Gasteiger partial charge in [-0.3, -0.25) is 14.3 Å². The number of carbonyl (C=O) groups excluding carboxylic acids is 1. The van der Waals surface area contributed by atoms with Crippen LogP contribution in [0.4, 0.5) is 0 Å². The smallest absolute Gasteiger partial charge is 0.345 e. The lowest BCUT2D eigenvalue weighted by atomic mass is 9.85. The van der Waals surface area contributed by atoms with E-state index in [-0.39, 0.29) is 23.1 Å². The van der Waals surface area contributed by atoms with Gasteiger partial charge in [-0.25, -0.2) is 9.48 Å². The van der Waals surface area contributed by atoms with E-state index < -0.39 is 0 Å². The van der Waals surface area contributed by atoms with Crippen LogP contribution in [-0.2, 0) is 29.5 Å². The van der Waals surface area contributed by atoms with E-state index in [1.807, 2.05) is 4.90 Å². The van der Waals surface area contributed by atoms with Gasteiger partial charge in [0.05, 0.1) is 5.92 Å². The summed E-state index contributed by atoms with van der Waals surface area (Å²) >= 11 is 0. The lowest BCUT2D eigenvalue weighted by molar-refractivity contribution is -0.145. The molecular formula is C17H27N5O3. The molecule has 0 N–H and O–H groups in total. The van der Waals surface area contributed by atoms with Crippen molar-refractivity contribution in [3.8, 4) is 0 Å². The van der Waals surface area contributed by atoms with Gasteiger partial charge in [-0.1, -0.05) is 0 Å². The largest absolute Gasteiger partial charge is 0.381 e. The molecular weight excluding hydrogens is 322 g/mol. The van der Waals surface area contributed by atoms with Gasteiger partial charge in [0.2, 0.25) is 5.91 Å². The summed E-state index contributed by atoms with van der Waals surface area (Å²) in [6.45, 7) is 4.44. The molecule has 4 rings (SSSR count). The first-order valence-corrected chi connectivity index (χ1v) is 9.21. The zero-order valence-corrected chi connectivity index (χ0v) is 15.1. The number of fused-ring (bicyclic) bond motifs is 1. The number of aromatic nitrogens is 3. The van der Waals surface area contributed by atoms with Crippen LogP contribution in [0.3, 0.4) is 0 Å². The highest BCUT2D eigenvalue weighted by Crippen LogP contribution is 2.32. The first-order valence-electron chi connectivity index (χ1n) is 9.21. The van der Waals surface area contributed by atoms with E-state index in [2.05, 4.69) is 17.0 Å². The Morgan fingerprint density at radius 3 is 2.76 bits per heavy atom. The SMILES string of the molecule is CN1CCN(C(=O)C2CCc3nn(C)c(=O)n3C2)CC12CCOCC2. The molecule has 0 aromatic carbocycles. The number of hydrogen-bond acceptors (Lipinski definition) is 5. The summed E-state index contributed by atoms with van der Waals surface area (Å²) in [6.07, 6.45) is 3.42. The van der Waals surface area contributed by atoms with Crippen LogP contribution >= 0.6 is 0 Å². The monoisotopic (exact) mass is 349 g/mol. The molecule has 1 atom stereocenters. The normalized spacial score (nSPS) is 26.6. The molecule has 1 aromatic heterocycles. The Balaban J connectivity index is 1.49. The lowest BCUT2D eigenvalue weighted by Gasteiger charge is -2.51. The van der Waals surface area contributed by atoms with Gasteiger partial charge in [0.1, 0.15) is 5.82 Å². The van der Waals surface area contributed by atoms with Gasteiger partial charge in [0.25, 0.3) is 0 Å². The van der Waals surface area contributed by atoms with Gasteiger partial charge < -0.3 is 9.64 Å². The first-order chi connectivity index (χ1) is 12.0. The predicted molar refractivity (Wildman–Crippen MR) is 91.3 cm³/mol. The van der Waals surface area contributed by atoms with E-state index in [0.29, 0.717) is 13.0 Å². The second-order valence-electron chi connectivity index (χ2n) is 7.69. The molecule has 8 heteroatoms. The van der Waals surface area contributed by atoms with Crippen LogP contribution in [0, 0.1) is 5.92 Å². The van der Waals surface area contributed by atoms with Crippen molar-refractivity contribution < 1.29 is 9.53 Å². The number of piperazine rings is 1. The van der Waals surface area contributed by atoms with Crippen molar-refractivity contribution >= 4 is 5.91 Å². The summed E-state index contributed by atoms with van der Waals surface area (Å²) in [5.74, 6) is 0.880. The van der Waals surface area contributed by atoms with E-state index in [1.165, 1.54) is 4.68 Å². The zero-order valence-electron chi connectivity index (χ0n) is 15.1. The Morgan fingerprint density at radius 1 is 1.24 bits per heavy atom. The van der Waals surface area contributed by atoms with Gasteiger partial charge in [-0.2, -0.15) is 5.10 Å². The van der Waals surface area contributed by atoms with E-state index in [4.69, 9.17) is 4.74 Å². The molecule has 0 saturated carbocycles. The average molecular weight is 349 g/mol. The number of carbonyl (C=O) groups is 1. The number of ether oxygens (including phenoxy) is 1. The highest BCUT2D eigenvalue weighted by molar-refractivity contribution is 5.79. The third-order valence-corrected chi connectivity index (χ3v) is 6.29. The van der Waals surface area contributed by atoms with Crippen molar-refractivity contribution in [3.63, 3.8) is 0 Å². The number of likely N-dealkylation sites (N-methyl/N-ethyl adjacent to an activating group) is 1. The van der Waals surface area contributed by atoms with E-state index in [9.17, 15) is 9.59 Å². The van der Waals surface area contributed by atoms with Crippen molar-refractivity contribution in [1.82, 2.24) is 24.1 Å². The molecule has 3 aliphatic heterocycles. The van der Waals surface area contributed by atoms with Crippen LogP contribution < -0.4 is 5.69 Å². The molecule has 1 aromatic rings. The topological polar surface area (TPSA) is 72.6 Å². The highest BCUT2D eigenvalue weighted by atomic mass is 16.5. The summed E-state index contributed by atoms with van der Waals surface area (Å²) in [5, 5.41) is 4.26. The molecule has 4 heterocycles. The van der Waals surface area contributed by atoms with Crippen molar-refractivity contribution in [2.24, 2.45) is 13.0 Å². The molecule has 1 amide bonds. The number of aryl methyl sites for hydroxylation is 2. The molecule has 0 radical (unpaired) electrons. The molecule has 25 heavy (non-hydrogen) atoms. The van der Waals surface area contributed by atoms with Gasteiger partial charge in [0.15, 0.2) is 0 Å². The zero-order chi connectivity index (χ0) is 17.6. The van der Waals surface area contributed by atoms with E-state index >= 15 is 0 Å². The lowest BCUT2D eigenvalue weighted by Crippen LogP contribution is -2.64. The van der Waals surface area contributed by atoms with Crippen molar-refractivity contribution in [1.29, 1.82) is 0 Å². The van der Waals surface area contributed by atoms with E-state index in [0.717, 1.165) is 57.9 Å². The fourth-order valence-electron chi connectivity index (χ4n) is 4.54. The molecule has 0 aliphatic carbocycles. The molecule has 2 fully saturated rings. The molecule has 1 unspecified atom stereocenters. The van der Waals surface area contributed by atoms with Crippen molar-refractivity contribution in [3.05, 3.63) is 16.3 Å². The number of nitrogens with zero attached hydrogens (tertiary/aromatic N) is 5. The Morgan fingerprint density at radius 2 is 2.00 bits per heavy atom. The summed E-state index contributed by atoms with van der Waals surface area (Å²) in [4.78, 5) is 29.7. The summed E-state index contributed by atoms with van der Waals surface area (Å²) < 4.78 is 8.58.